The van der Waals surface area contributed by atoms with E-state index < -0.39 is 36.5 Å². The van der Waals surface area contributed by atoms with Gasteiger partial charge in [-0.2, -0.15) is 4.98 Å². The number of aryl methyl sites for hydroxylation is 1. The Morgan fingerprint density at radius 3 is 2.32 bits per heavy atom. The topological polar surface area (TPSA) is 165 Å². The maximum atomic E-state index is 15.3. The lowest BCUT2D eigenvalue weighted by atomic mass is 9.78. The van der Waals surface area contributed by atoms with E-state index in [0.717, 1.165) is 67.7 Å². The zero-order valence-electron chi connectivity index (χ0n) is 39.5. The summed E-state index contributed by atoms with van der Waals surface area (Å²) < 4.78 is 50.7. The summed E-state index contributed by atoms with van der Waals surface area (Å²) in [5.74, 6) is -2.29. The molecule has 4 fully saturated rings. The molecule has 3 aromatic carbocycles. The smallest absolute Gasteiger partial charge is 0.234 e. The fourth-order valence-corrected chi connectivity index (χ4v) is 12.2. The van der Waals surface area contributed by atoms with Crippen molar-refractivity contribution in [2.75, 3.05) is 87.2 Å². The summed E-state index contributed by atoms with van der Waals surface area (Å²) in [5, 5.41) is 10.5. The van der Waals surface area contributed by atoms with Gasteiger partial charge in [-0.25, -0.2) is 13.8 Å². The highest BCUT2D eigenvalue weighted by Crippen LogP contribution is 2.43. The van der Waals surface area contributed by atoms with Crippen LogP contribution in [0, 0.1) is 17.6 Å². The molecule has 0 radical (unpaired) electrons. The van der Waals surface area contributed by atoms with Gasteiger partial charge in [0.05, 0.1) is 40.6 Å². The fraction of sp³-hybridized carbons (Fsp3) is 0.440. The SMILES string of the molecule is CCc1cc(Nc2ncc(Br)c(Nc3cnc4ccccc4c3P(C)(C)=O)n2)c(OC)cc1N1CCC(N2CCN(C(=O)[C@H]3C[C@H](N(C)c4cc(F)c(C5CCC(=O)NC5=O)c(F)c4)C3)CC2)CC1. The molecule has 15 nitrogen and oxygen atoms in total. The molecule has 69 heavy (non-hydrogen) atoms. The van der Waals surface area contributed by atoms with Crippen LogP contribution in [0.4, 0.5) is 43.3 Å². The minimum atomic E-state index is -2.73. The summed E-state index contributed by atoms with van der Waals surface area (Å²) >= 11 is 3.59. The Bertz CT molecular complexity index is 2820. The molecule has 3 saturated heterocycles. The fourth-order valence-electron chi connectivity index (χ4n) is 10.4. The number of carbonyl (C=O) groups is 3. The number of halogens is 3. The lowest BCUT2D eigenvalue weighted by Gasteiger charge is -2.46. The number of nitrogens with one attached hydrogen (secondary N) is 3. The number of benzene rings is 3. The van der Waals surface area contributed by atoms with Crippen molar-refractivity contribution < 1.29 is 32.5 Å². The van der Waals surface area contributed by atoms with Gasteiger partial charge in [-0.05, 0) is 97.6 Å². The van der Waals surface area contributed by atoms with E-state index in [2.05, 4.69) is 70.7 Å². The van der Waals surface area contributed by atoms with E-state index in [1.54, 1.807) is 39.9 Å². The van der Waals surface area contributed by atoms with Crippen molar-refractivity contribution in [3.8, 4) is 5.75 Å². The molecular weight excluding hydrogens is 969 g/mol. The van der Waals surface area contributed by atoms with Crippen LogP contribution < -0.4 is 35.8 Å². The zero-order chi connectivity index (χ0) is 48.7. The predicted molar refractivity (Wildman–Crippen MR) is 269 cm³/mol. The van der Waals surface area contributed by atoms with Crippen LogP contribution in [0.1, 0.15) is 62.5 Å². The van der Waals surface area contributed by atoms with E-state index >= 15 is 8.78 Å². The number of fused-ring (bicyclic) bond motifs is 1. The highest BCUT2D eigenvalue weighted by molar-refractivity contribution is 9.10. The Morgan fingerprint density at radius 1 is 0.942 bits per heavy atom. The second kappa shape index (κ2) is 20.0. The Labute approximate surface area is 409 Å². The molecule has 0 spiro atoms. The summed E-state index contributed by atoms with van der Waals surface area (Å²) in [6.07, 6.45) is 7.45. The second-order valence-electron chi connectivity index (χ2n) is 18.9. The van der Waals surface area contributed by atoms with E-state index in [-0.39, 0.29) is 36.3 Å². The van der Waals surface area contributed by atoms with Crippen LogP contribution in [0.2, 0.25) is 0 Å². The number of piperazine rings is 1. The normalized spacial score (nSPS) is 20.4. The molecule has 1 unspecified atom stereocenters. The molecule has 5 heterocycles. The maximum Gasteiger partial charge on any atom is 0.234 e. The predicted octanol–water partition coefficient (Wildman–Crippen LogP) is 7.92. The van der Waals surface area contributed by atoms with E-state index in [4.69, 9.17) is 9.72 Å². The first-order valence-electron chi connectivity index (χ1n) is 23.6. The van der Waals surface area contributed by atoms with Gasteiger partial charge in [-0.3, -0.25) is 29.6 Å². The summed E-state index contributed by atoms with van der Waals surface area (Å²) in [7, 11) is 0.698. The van der Waals surface area contributed by atoms with Crippen molar-refractivity contribution in [1.82, 2.24) is 30.1 Å². The molecule has 1 atom stereocenters. The number of methoxy groups -OCH3 is 1. The summed E-state index contributed by atoms with van der Waals surface area (Å²) in [4.78, 5) is 60.2. The lowest BCUT2D eigenvalue weighted by Crippen LogP contribution is -2.57. The second-order valence-corrected chi connectivity index (χ2v) is 22.9. The minimum Gasteiger partial charge on any atom is -0.494 e. The van der Waals surface area contributed by atoms with Crippen LogP contribution in [0.5, 0.6) is 5.75 Å². The van der Waals surface area contributed by atoms with E-state index in [1.165, 1.54) is 17.7 Å². The Balaban J connectivity index is 0.776. The minimum absolute atomic E-state index is 0.0306. The first-order valence-corrected chi connectivity index (χ1v) is 27.0. The molecule has 0 bridgehead atoms. The number of carbonyl (C=O) groups excluding carboxylic acids is 3. The monoisotopic (exact) mass is 1030 g/mol. The van der Waals surface area contributed by atoms with Crippen molar-refractivity contribution in [3.05, 3.63) is 88.2 Å². The van der Waals surface area contributed by atoms with Gasteiger partial charge in [0.25, 0.3) is 0 Å². The van der Waals surface area contributed by atoms with Crippen LogP contribution in [-0.2, 0) is 25.4 Å². The van der Waals surface area contributed by atoms with Crippen molar-refractivity contribution in [2.45, 2.75) is 69.9 Å². The van der Waals surface area contributed by atoms with Crippen molar-refractivity contribution in [1.29, 1.82) is 0 Å². The molecule has 3 amide bonds. The molecule has 2 aromatic heterocycles. The largest absolute Gasteiger partial charge is 0.494 e. The van der Waals surface area contributed by atoms with Crippen molar-refractivity contribution >= 4 is 91.5 Å². The molecule has 364 valence electrons. The standard InChI is InChI=1S/C50H58BrF2N10O5P/c1-6-29-23-40(57-50-55-27-36(51)47(59-50)56-41-28-54-39-10-8-7-9-34(39)46(41)69(4,5)67)43(68-3)26-42(29)62-15-13-31(14-16-62)61-17-19-63(20-18-61)49(66)30-21-32(22-30)60(2)33-24-37(52)45(38(53)25-33)35-11-12-44(64)58-48(35)65/h7-10,23-28,30-32,35H,6,11-22H2,1-5H3,(H,58,64,65)(H2,55,56,57,59)/t30-,32-,35?. The molecule has 1 aliphatic carbocycles. The molecule has 5 aromatic rings. The van der Waals surface area contributed by atoms with Gasteiger partial charge in [-0.1, -0.05) is 25.1 Å². The van der Waals surface area contributed by atoms with Gasteiger partial charge in [-0.15, -0.1) is 0 Å². The number of rotatable bonds is 13. The average molecular weight is 1030 g/mol. The van der Waals surface area contributed by atoms with Crippen LogP contribution in [0.3, 0.4) is 0 Å². The number of imide groups is 1. The van der Waals surface area contributed by atoms with Crippen LogP contribution in [-0.4, -0.2) is 121 Å². The zero-order valence-corrected chi connectivity index (χ0v) is 42.0. The Hall–Kier alpha value is -5.71. The van der Waals surface area contributed by atoms with E-state index in [9.17, 15) is 18.9 Å². The number of aromatic nitrogens is 3. The van der Waals surface area contributed by atoms with Gasteiger partial charge in [0.1, 0.15) is 30.3 Å². The first-order chi connectivity index (χ1) is 33.1. The van der Waals surface area contributed by atoms with Gasteiger partial charge < -0.3 is 34.6 Å². The molecular formula is C50H58BrF2N10O5P. The van der Waals surface area contributed by atoms with Gasteiger partial charge in [0.15, 0.2) is 0 Å². The number of ether oxygens (including phenoxy) is 1. The molecule has 9 rings (SSSR count). The van der Waals surface area contributed by atoms with Crippen LogP contribution in [0.25, 0.3) is 10.9 Å². The number of para-hydroxylation sites is 1. The van der Waals surface area contributed by atoms with Crippen LogP contribution >= 0.6 is 23.1 Å². The van der Waals surface area contributed by atoms with E-state index in [1.807, 2.05) is 34.1 Å². The molecule has 3 aliphatic heterocycles. The quantitative estimate of drug-likeness (QED) is 0.0771. The molecule has 19 heteroatoms. The number of hydrogen-bond acceptors (Lipinski definition) is 13. The summed E-state index contributed by atoms with van der Waals surface area (Å²) in [5.41, 5.74) is 4.46. The Kier molecular flexibility index (Phi) is 14.0. The number of amides is 3. The average Bonchev–Trinajstić information content (AvgIpc) is 3.32. The maximum absolute atomic E-state index is 15.3. The molecule has 3 N–H and O–H groups in total. The third kappa shape index (κ3) is 10.0. The molecule has 1 saturated carbocycles. The Morgan fingerprint density at radius 2 is 1.65 bits per heavy atom. The van der Waals surface area contributed by atoms with Gasteiger partial charge in [0, 0.05) is 111 Å². The number of piperidine rings is 2. The van der Waals surface area contributed by atoms with E-state index in [0.29, 0.717) is 70.6 Å². The first kappa shape index (κ1) is 48.3. The lowest BCUT2D eigenvalue weighted by molar-refractivity contribution is -0.141. The number of anilines is 6. The highest BCUT2D eigenvalue weighted by atomic mass is 79.9. The third-order valence-corrected chi connectivity index (χ3v) is 16.5. The van der Waals surface area contributed by atoms with Gasteiger partial charge >= 0.3 is 0 Å². The number of hydrogen-bond donors (Lipinski definition) is 3. The van der Waals surface area contributed by atoms with Crippen molar-refractivity contribution in [3.63, 3.8) is 0 Å². The third-order valence-electron chi connectivity index (χ3n) is 14.3. The molecule has 4 aliphatic rings. The summed E-state index contributed by atoms with van der Waals surface area (Å²) in [6.45, 7) is 10.4. The highest BCUT2D eigenvalue weighted by Gasteiger charge is 2.41. The summed E-state index contributed by atoms with van der Waals surface area (Å²) in [6, 6.07) is 14.7. The van der Waals surface area contributed by atoms with Crippen LogP contribution in [0.15, 0.2) is 65.4 Å². The number of nitrogens with zero attached hydrogens (tertiary/aromatic N) is 7. The van der Waals surface area contributed by atoms with Crippen molar-refractivity contribution in [2.24, 2.45) is 5.92 Å². The van der Waals surface area contributed by atoms with Gasteiger partial charge in [0.2, 0.25) is 23.7 Å². The number of pyridine rings is 1.